The summed E-state index contributed by atoms with van der Waals surface area (Å²) in [6, 6.07) is 5.30. The molecule has 0 amide bonds. The minimum atomic E-state index is 0.273. The Morgan fingerprint density at radius 3 is 2.93 bits per heavy atom. The van der Waals surface area contributed by atoms with Crippen LogP contribution < -0.4 is 5.73 Å². The number of halogens is 1. The average Bonchev–Trinajstić information content (AvgIpc) is 2.19. The van der Waals surface area contributed by atoms with E-state index in [-0.39, 0.29) is 5.88 Å². The highest BCUT2D eigenvalue weighted by atomic mass is 35.5. The third-order valence-corrected chi connectivity index (χ3v) is 2.19. The van der Waals surface area contributed by atoms with E-state index >= 15 is 0 Å². The number of nitrogen functional groups attached to an aromatic ring is 1. The summed E-state index contributed by atoms with van der Waals surface area (Å²) in [6.07, 6.45) is 0. The van der Waals surface area contributed by atoms with E-state index < -0.39 is 0 Å². The van der Waals surface area contributed by atoms with Crippen LogP contribution in [0, 0.1) is 22.5 Å². The number of nitrogens with two attached hydrogens (primary N) is 1. The zero-order valence-electron chi connectivity index (χ0n) is 7.25. The van der Waals surface area contributed by atoms with Crippen LogP contribution in [0.15, 0.2) is 23.1 Å². The summed E-state index contributed by atoms with van der Waals surface area (Å²) in [5, 5.41) is 10.5. The molecule has 0 unspecified atom stereocenters. The predicted molar refractivity (Wildman–Crippen MR) is 59.9 cm³/mol. The lowest BCUT2D eigenvalue weighted by Gasteiger charge is -1.99. The smallest absolute Gasteiger partial charge is 0.138 e. The quantitative estimate of drug-likeness (QED) is 0.261. The molecule has 0 fully saturated rings. The zero-order valence-corrected chi connectivity index (χ0v) is 8.82. The highest BCUT2D eigenvalue weighted by molar-refractivity contribution is 8.03. The summed E-state index contributed by atoms with van der Waals surface area (Å²) < 4.78 is 0. The van der Waals surface area contributed by atoms with Crippen molar-refractivity contribution in [3.63, 3.8) is 0 Å². The van der Waals surface area contributed by atoms with Crippen LogP contribution in [0.25, 0.3) is 0 Å². The molecule has 0 aliphatic carbocycles. The van der Waals surface area contributed by atoms with E-state index in [9.17, 15) is 0 Å². The first-order chi connectivity index (χ1) is 6.77. The number of hydrogen-bond donors (Lipinski definition) is 1. The topological polar surface area (TPSA) is 49.8 Å². The van der Waals surface area contributed by atoms with E-state index in [1.807, 2.05) is 5.40 Å². The van der Waals surface area contributed by atoms with Gasteiger partial charge in [0, 0.05) is 16.1 Å². The molecule has 0 aromatic heterocycles. The first kappa shape index (κ1) is 10.8. The first-order valence-electron chi connectivity index (χ1n) is 3.78. The summed E-state index contributed by atoms with van der Waals surface area (Å²) in [5.74, 6) is 5.82. The molecule has 0 atom stereocenters. The van der Waals surface area contributed by atoms with Crippen LogP contribution in [0.1, 0.15) is 5.56 Å². The molecule has 0 spiro atoms. The second kappa shape index (κ2) is 5.44. The van der Waals surface area contributed by atoms with Gasteiger partial charge in [0.1, 0.15) is 5.40 Å². The molecule has 0 saturated carbocycles. The largest absolute Gasteiger partial charge is 0.398 e. The van der Waals surface area contributed by atoms with E-state index in [2.05, 4.69) is 11.8 Å². The standard InChI is InChI=1S/C10H7ClN2S/c11-5-1-2-8-6-9(14-7-12)3-4-10(8)13/h3-4,6H,5,13H2. The average molecular weight is 223 g/mol. The Balaban J connectivity index is 3.03. The Morgan fingerprint density at radius 2 is 2.29 bits per heavy atom. The number of rotatable bonds is 1. The van der Waals surface area contributed by atoms with Gasteiger partial charge in [-0.25, -0.2) is 0 Å². The number of alkyl halides is 1. The minimum absolute atomic E-state index is 0.273. The normalized spacial score (nSPS) is 8.57. The highest BCUT2D eigenvalue weighted by Crippen LogP contribution is 2.21. The number of anilines is 1. The lowest BCUT2D eigenvalue weighted by molar-refractivity contribution is 1.44. The summed E-state index contributed by atoms with van der Waals surface area (Å²) >= 11 is 6.51. The van der Waals surface area contributed by atoms with Crippen LogP contribution in [0.4, 0.5) is 5.69 Å². The second-order valence-electron chi connectivity index (χ2n) is 2.38. The van der Waals surface area contributed by atoms with Crippen LogP contribution in [-0.2, 0) is 0 Å². The predicted octanol–water partition coefficient (Wildman–Crippen LogP) is 2.43. The van der Waals surface area contributed by atoms with Gasteiger partial charge in [-0.05, 0) is 30.0 Å². The Kier molecular flexibility index (Phi) is 4.19. The maximum Gasteiger partial charge on any atom is 0.138 e. The number of thiocyanates is 1. The van der Waals surface area contributed by atoms with Crippen molar-refractivity contribution in [1.29, 1.82) is 5.26 Å². The molecular formula is C10H7ClN2S. The third-order valence-electron chi connectivity index (χ3n) is 1.48. The molecule has 4 heteroatoms. The van der Waals surface area contributed by atoms with Gasteiger partial charge in [-0.2, -0.15) is 5.26 Å². The number of nitriles is 1. The maximum absolute atomic E-state index is 8.48. The number of hydrogen-bond acceptors (Lipinski definition) is 3. The molecule has 0 radical (unpaired) electrons. The molecule has 0 aliphatic rings. The van der Waals surface area contributed by atoms with Gasteiger partial charge in [0.15, 0.2) is 0 Å². The molecule has 0 saturated heterocycles. The molecule has 0 heterocycles. The van der Waals surface area contributed by atoms with Gasteiger partial charge < -0.3 is 5.73 Å². The van der Waals surface area contributed by atoms with Gasteiger partial charge in [0.05, 0.1) is 5.88 Å². The van der Waals surface area contributed by atoms with E-state index in [0.717, 1.165) is 16.7 Å². The van der Waals surface area contributed by atoms with Gasteiger partial charge in [-0.1, -0.05) is 11.8 Å². The molecular weight excluding hydrogens is 216 g/mol. The SMILES string of the molecule is N#CSc1ccc(N)c(C#CCCl)c1. The van der Waals surface area contributed by atoms with Gasteiger partial charge in [-0.15, -0.1) is 11.6 Å². The fourth-order valence-electron chi connectivity index (χ4n) is 0.888. The summed E-state index contributed by atoms with van der Waals surface area (Å²) in [6.45, 7) is 0. The minimum Gasteiger partial charge on any atom is -0.398 e. The summed E-state index contributed by atoms with van der Waals surface area (Å²) in [5.41, 5.74) is 7.00. The van der Waals surface area contributed by atoms with Crippen LogP contribution in [-0.4, -0.2) is 5.88 Å². The van der Waals surface area contributed by atoms with Crippen molar-refractivity contribution >= 4 is 29.1 Å². The fraction of sp³-hybridized carbons (Fsp3) is 0.100. The highest BCUT2D eigenvalue weighted by Gasteiger charge is 1.98. The molecule has 70 valence electrons. The van der Waals surface area contributed by atoms with Gasteiger partial charge in [0.25, 0.3) is 0 Å². The number of benzene rings is 1. The fourth-order valence-corrected chi connectivity index (χ4v) is 1.37. The van der Waals surface area contributed by atoms with Gasteiger partial charge in [-0.3, -0.25) is 0 Å². The summed E-state index contributed by atoms with van der Waals surface area (Å²) in [7, 11) is 0. The van der Waals surface area contributed by atoms with Crippen molar-refractivity contribution in [3.05, 3.63) is 23.8 Å². The van der Waals surface area contributed by atoms with E-state index in [0.29, 0.717) is 11.3 Å². The zero-order chi connectivity index (χ0) is 10.4. The Labute approximate surface area is 92.0 Å². The molecule has 14 heavy (non-hydrogen) atoms. The maximum atomic E-state index is 8.48. The molecule has 1 aromatic carbocycles. The van der Waals surface area contributed by atoms with Gasteiger partial charge >= 0.3 is 0 Å². The van der Waals surface area contributed by atoms with Crippen LogP contribution >= 0.6 is 23.4 Å². The molecule has 1 rings (SSSR count). The second-order valence-corrected chi connectivity index (χ2v) is 3.50. The Bertz CT molecular complexity index is 426. The third kappa shape index (κ3) is 2.88. The van der Waals surface area contributed by atoms with Crippen molar-refractivity contribution in [3.8, 4) is 17.2 Å². The van der Waals surface area contributed by atoms with Crippen LogP contribution in [0.3, 0.4) is 0 Å². The Morgan fingerprint density at radius 1 is 1.50 bits per heavy atom. The van der Waals surface area contributed by atoms with E-state index in [1.54, 1.807) is 18.2 Å². The van der Waals surface area contributed by atoms with Gasteiger partial charge in [0.2, 0.25) is 0 Å². The van der Waals surface area contributed by atoms with Crippen molar-refractivity contribution < 1.29 is 0 Å². The lowest BCUT2D eigenvalue weighted by atomic mass is 10.2. The molecule has 2 nitrogen and oxygen atoms in total. The van der Waals surface area contributed by atoms with Crippen molar-refractivity contribution in [1.82, 2.24) is 0 Å². The summed E-state index contributed by atoms with van der Waals surface area (Å²) in [4.78, 5) is 0.834. The molecule has 2 N–H and O–H groups in total. The monoisotopic (exact) mass is 222 g/mol. The van der Waals surface area contributed by atoms with Crippen molar-refractivity contribution in [2.24, 2.45) is 0 Å². The van der Waals surface area contributed by atoms with Crippen LogP contribution in [0.2, 0.25) is 0 Å². The first-order valence-corrected chi connectivity index (χ1v) is 5.13. The Hall–Kier alpha value is -1.29. The molecule has 0 aliphatic heterocycles. The van der Waals surface area contributed by atoms with Crippen molar-refractivity contribution in [2.45, 2.75) is 4.90 Å². The van der Waals surface area contributed by atoms with E-state index in [1.165, 1.54) is 0 Å². The van der Waals surface area contributed by atoms with Crippen molar-refractivity contribution in [2.75, 3.05) is 11.6 Å². The lowest BCUT2D eigenvalue weighted by Crippen LogP contribution is -1.89. The van der Waals surface area contributed by atoms with Crippen LogP contribution in [0.5, 0.6) is 0 Å². The molecule has 0 bridgehead atoms. The number of thioether (sulfide) groups is 1. The molecule has 1 aromatic rings. The number of nitrogens with zero attached hydrogens (tertiary/aromatic N) is 1. The van der Waals surface area contributed by atoms with E-state index in [4.69, 9.17) is 22.6 Å².